The first kappa shape index (κ1) is 10.5. The lowest BCUT2D eigenvalue weighted by molar-refractivity contribution is -0.0877. The molecule has 0 aromatic heterocycles. The fraction of sp³-hybridized carbons (Fsp3) is 0.727. The quantitative estimate of drug-likeness (QED) is 0.570. The van der Waals surface area contributed by atoms with E-state index in [0.29, 0.717) is 5.92 Å². The van der Waals surface area contributed by atoms with Crippen LogP contribution in [0, 0.1) is 5.92 Å². The maximum Gasteiger partial charge on any atom is 0.506 e. The third kappa shape index (κ3) is 2.00. The minimum absolute atomic E-state index is 0.150. The minimum Gasteiger partial charge on any atom is -0.450 e. The van der Waals surface area contributed by atoms with Crippen LogP contribution < -0.4 is 0 Å². The number of ether oxygens (including phenoxy) is 1. The molecule has 3 aliphatic rings. The minimum atomic E-state index is -1.15. The zero-order valence-corrected chi connectivity index (χ0v) is 8.76. The standard InChI is InChI=1S/C11H17NO3/c1-2-3-9-10(15-11(13)14)8-4-6-12(9)7-5-8/h2,8-10H,1,3-7H2,(H,13,14)/t9-,10?/m1/s1. The first-order chi connectivity index (χ1) is 7.22. The van der Waals surface area contributed by atoms with Gasteiger partial charge in [0.2, 0.25) is 0 Å². The number of rotatable bonds is 3. The average Bonchev–Trinajstić information content (AvgIpc) is 2.22. The third-order valence-corrected chi connectivity index (χ3v) is 3.53. The van der Waals surface area contributed by atoms with Crippen molar-refractivity contribution in [1.82, 2.24) is 4.90 Å². The number of carbonyl (C=O) groups is 1. The van der Waals surface area contributed by atoms with Gasteiger partial charge in [0, 0.05) is 5.92 Å². The largest absolute Gasteiger partial charge is 0.506 e. The zero-order chi connectivity index (χ0) is 10.8. The Hall–Kier alpha value is -1.03. The van der Waals surface area contributed by atoms with Gasteiger partial charge in [-0.25, -0.2) is 4.79 Å². The molecule has 3 fully saturated rings. The Bertz CT molecular complexity index is 259. The molecule has 2 bridgehead atoms. The smallest absolute Gasteiger partial charge is 0.450 e. The summed E-state index contributed by atoms with van der Waals surface area (Å²) in [5, 5.41) is 8.71. The summed E-state index contributed by atoms with van der Waals surface area (Å²) in [7, 11) is 0. The Labute approximate surface area is 89.5 Å². The maximum atomic E-state index is 10.6. The molecule has 0 spiro atoms. The highest BCUT2D eigenvalue weighted by Gasteiger charge is 2.43. The Morgan fingerprint density at radius 3 is 2.73 bits per heavy atom. The maximum absolute atomic E-state index is 10.6. The van der Waals surface area contributed by atoms with Gasteiger partial charge < -0.3 is 9.84 Å². The van der Waals surface area contributed by atoms with Gasteiger partial charge in [-0.15, -0.1) is 6.58 Å². The van der Waals surface area contributed by atoms with Gasteiger partial charge in [-0.3, -0.25) is 4.90 Å². The number of piperidine rings is 3. The molecule has 3 heterocycles. The highest BCUT2D eigenvalue weighted by Crippen LogP contribution is 2.35. The van der Waals surface area contributed by atoms with E-state index in [1.807, 2.05) is 6.08 Å². The Morgan fingerprint density at radius 2 is 2.20 bits per heavy atom. The van der Waals surface area contributed by atoms with E-state index >= 15 is 0 Å². The van der Waals surface area contributed by atoms with E-state index in [-0.39, 0.29) is 12.1 Å². The fourth-order valence-corrected chi connectivity index (χ4v) is 2.85. The van der Waals surface area contributed by atoms with Gasteiger partial charge in [-0.2, -0.15) is 0 Å². The predicted molar refractivity (Wildman–Crippen MR) is 55.8 cm³/mol. The molecule has 4 nitrogen and oxygen atoms in total. The molecular weight excluding hydrogens is 194 g/mol. The molecule has 1 N–H and O–H groups in total. The second kappa shape index (κ2) is 4.23. The zero-order valence-electron chi connectivity index (χ0n) is 8.76. The molecule has 0 saturated carbocycles. The van der Waals surface area contributed by atoms with Gasteiger partial charge in [-0.05, 0) is 32.4 Å². The second-order valence-electron chi connectivity index (χ2n) is 4.31. The highest BCUT2D eigenvalue weighted by atomic mass is 16.7. The molecule has 84 valence electrons. The van der Waals surface area contributed by atoms with Crippen molar-refractivity contribution >= 4 is 6.16 Å². The lowest BCUT2D eigenvalue weighted by atomic mass is 9.79. The molecule has 1 unspecified atom stereocenters. The second-order valence-corrected chi connectivity index (χ2v) is 4.31. The van der Waals surface area contributed by atoms with Crippen LogP contribution in [0.1, 0.15) is 19.3 Å². The summed E-state index contributed by atoms with van der Waals surface area (Å²) in [5.74, 6) is 0.413. The number of carboxylic acid groups (broad SMARTS) is 1. The lowest BCUT2D eigenvalue weighted by Gasteiger charge is -2.49. The summed E-state index contributed by atoms with van der Waals surface area (Å²) in [4.78, 5) is 13.0. The van der Waals surface area contributed by atoms with Gasteiger partial charge in [-0.1, -0.05) is 6.08 Å². The van der Waals surface area contributed by atoms with Crippen LogP contribution >= 0.6 is 0 Å². The molecule has 4 heteroatoms. The first-order valence-corrected chi connectivity index (χ1v) is 5.47. The number of hydrogen-bond donors (Lipinski definition) is 1. The van der Waals surface area contributed by atoms with E-state index < -0.39 is 6.16 Å². The molecule has 0 aliphatic carbocycles. The van der Waals surface area contributed by atoms with Crippen LogP contribution in [0.3, 0.4) is 0 Å². The van der Waals surface area contributed by atoms with E-state index in [1.54, 1.807) is 0 Å². The third-order valence-electron chi connectivity index (χ3n) is 3.53. The SMILES string of the molecule is C=CC[C@@H]1C(OC(=O)O)C2CCN1CC2. The van der Waals surface area contributed by atoms with Crippen molar-refractivity contribution < 1.29 is 14.6 Å². The Kier molecular flexibility index (Phi) is 2.95. The van der Waals surface area contributed by atoms with Crippen LogP contribution in [0.2, 0.25) is 0 Å². The summed E-state index contributed by atoms with van der Waals surface area (Å²) < 4.78 is 5.02. The molecule has 0 radical (unpaired) electrons. The van der Waals surface area contributed by atoms with Gasteiger partial charge >= 0.3 is 6.16 Å². The number of hydrogen-bond acceptors (Lipinski definition) is 3. The van der Waals surface area contributed by atoms with E-state index in [9.17, 15) is 4.79 Å². The van der Waals surface area contributed by atoms with E-state index in [2.05, 4.69) is 11.5 Å². The molecule has 0 amide bonds. The van der Waals surface area contributed by atoms with Gasteiger partial charge in [0.05, 0.1) is 6.04 Å². The monoisotopic (exact) mass is 211 g/mol. The van der Waals surface area contributed by atoms with Crippen molar-refractivity contribution in [2.24, 2.45) is 5.92 Å². The van der Waals surface area contributed by atoms with Crippen molar-refractivity contribution in [2.75, 3.05) is 13.1 Å². The van der Waals surface area contributed by atoms with Crippen molar-refractivity contribution in [3.8, 4) is 0 Å². The molecule has 3 rings (SSSR count). The average molecular weight is 211 g/mol. The molecule has 3 saturated heterocycles. The van der Waals surface area contributed by atoms with Crippen molar-refractivity contribution in [1.29, 1.82) is 0 Å². The Morgan fingerprint density at radius 1 is 1.53 bits per heavy atom. The summed E-state index contributed by atoms with van der Waals surface area (Å²) in [6, 6.07) is 0.214. The summed E-state index contributed by atoms with van der Waals surface area (Å²) in [5.41, 5.74) is 0. The lowest BCUT2D eigenvalue weighted by Crippen LogP contribution is -2.58. The van der Waals surface area contributed by atoms with Crippen molar-refractivity contribution in [2.45, 2.75) is 31.4 Å². The molecular formula is C11H17NO3. The highest BCUT2D eigenvalue weighted by molar-refractivity contribution is 5.57. The first-order valence-electron chi connectivity index (χ1n) is 5.47. The topological polar surface area (TPSA) is 49.8 Å². The van der Waals surface area contributed by atoms with E-state index in [0.717, 1.165) is 32.4 Å². The molecule has 3 aliphatic heterocycles. The number of fused-ring (bicyclic) bond motifs is 3. The predicted octanol–water partition coefficient (Wildman–Crippen LogP) is 1.72. The normalized spacial score (nSPS) is 38.7. The molecule has 2 atom stereocenters. The molecule has 0 aromatic carbocycles. The number of nitrogens with zero attached hydrogens (tertiary/aromatic N) is 1. The summed E-state index contributed by atoms with van der Waals surface area (Å²) in [6.07, 6.45) is 3.49. The van der Waals surface area contributed by atoms with Crippen molar-refractivity contribution in [3.63, 3.8) is 0 Å². The van der Waals surface area contributed by atoms with E-state index in [1.165, 1.54) is 0 Å². The summed E-state index contributed by atoms with van der Waals surface area (Å²) in [6.45, 7) is 5.87. The van der Waals surface area contributed by atoms with Crippen LogP contribution in [0.25, 0.3) is 0 Å². The summed E-state index contributed by atoms with van der Waals surface area (Å²) >= 11 is 0. The van der Waals surface area contributed by atoms with Crippen LogP contribution in [-0.4, -0.2) is 41.4 Å². The molecule has 0 aromatic rings. The van der Waals surface area contributed by atoms with Crippen LogP contribution in [0.4, 0.5) is 4.79 Å². The van der Waals surface area contributed by atoms with Gasteiger partial charge in [0.1, 0.15) is 6.10 Å². The van der Waals surface area contributed by atoms with Crippen molar-refractivity contribution in [3.05, 3.63) is 12.7 Å². The van der Waals surface area contributed by atoms with Gasteiger partial charge in [0.25, 0.3) is 0 Å². The van der Waals surface area contributed by atoms with Crippen LogP contribution in [-0.2, 0) is 4.74 Å². The van der Waals surface area contributed by atoms with E-state index in [4.69, 9.17) is 9.84 Å². The molecule has 15 heavy (non-hydrogen) atoms. The van der Waals surface area contributed by atoms with Crippen LogP contribution in [0.5, 0.6) is 0 Å². The van der Waals surface area contributed by atoms with Gasteiger partial charge in [0.15, 0.2) is 0 Å². The fourth-order valence-electron chi connectivity index (χ4n) is 2.85. The van der Waals surface area contributed by atoms with Crippen LogP contribution in [0.15, 0.2) is 12.7 Å². The Balaban J connectivity index is 2.09.